The molecule has 0 N–H and O–H groups in total. The molecule has 0 aromatic heterocycles. The van der Waals surface area contributed by atoms with Crippen LogP contribution in [0.15, 0.2) is 30.3 Å². The van der Waals surface area contributed by atoms with Gasteiger partial charge in [-0.15, -0.1) is 0 Å². The number of thioether (sulfide) groups is 1. The summed E-state index contributed by atoms with van der Waals surface area (Å²) in [5, 5.41) is 0.628. The molecule has 0 aliphatic heterocycles. The van der Waals surface area contributed by atoms with Gasteiger partial charge in [0.1, 0.15) is 0 Å². The predicted molar refractivity (Wildman–Crippen MR) is 72.1 cm³/mol. The van der Waals surface area contributed by atoms with E-state index in [9.17, 15) is 4.79 Å². The molecule has 0 radical (unpaired) electrons. The van der Waals surface area contributed by atoms with E-state index >= 15 is 0 Å². The van der Waals surface area contributed by atoms with Crippen LogP contribution in [-0.2, 0) is 0 Å². The Morgan fingerprint density at radius 3 is 2.38 bits per heavy atom. The average molecular weight is 236 g/mol. The van der Waals surface area contributed by atoms with Gasteiger partial charge in [-0.05, 0) is 5.92 Å². The van der Waals surface area contributed by atoms with Gasteiger partial charge in [-0.2, -0.15) is 11.8 Å². The molecule has 2 heteroatoms. The number of Topliss-reactive ketones (excluding diaryl/α,β-unsaturated/α-hetero) is 1. The first-order chi connectivity index (χ1) is 7.61. The lowest BCUT2D eigenvalue weighted by Crippen LogP contribution is -2.08. The van der Waals surface area contributed by atoms with Crippen molar-refractivity contribution in [2.45, 2.75) is 32.4 Å². The largest absolute Gasteiger partial charge is 0.294 e. The van der Waals surface area contributed by atoms with Gasteiger partial charge < -0.3 is 0 Å². The van der Waals surface area contributed by atoms with E-state index < -0.39 is 0 Å². The van der Waals surface area contributed by atoms with Crippen LogP contribution in [0.5, 0.6) is 0 Å². The fourth-order valence-corrected chi connectivity index (χ4v) is 2.36. The number of carbonyl (C=O) groups excluding carboxylic acids is 1. The van der Waals surface area contributed by atoms with Gasteiger partial charge in [0, 0.05) is 23.0 Å². The molecular weight excluding hydrogens is 216 g/mol. The zero-order valence-corrected chi connectivity index (χ0v) is 11.1. The first kappa shape index (κ1) is 13.3. The number of ketones is 1. The van der Waals surface area contributed by atoms with Crippen molar-refractivity contribution in [3.63, 3.8) is 0 Å². The lowest BCUT2D eigenvalue weighted by atomic mass is 10.1. The molecule has 1 aromatic rings. The molecule has 0 spiro atoms. The molecule has 88 valence electrons. The second kappa shape index (κ2) is 6.74. The summed E-state index contributed by atoms with van der Waals surface area (Å²) in [6, 6.07) is 9.54. The summed E-state index contributed by atoms with van der Waals surface area (Å²) in [4.78, 5) is 11.8. The molecule has 0 heterocycles. The maximum Gasteiger partial charge on any atom is 0.163 e. The van der Waals surface area contributed by atoms with E-state index in [1.165, 1.54) is 0 Å². The standard InChI is InChI=1S/C14H20OS/c1-11(2)12(3)16-10-9-14(15)13-7-5-4-6-8-13/h4-8,11-12H,9-10H2,1-3H3. The molecule has 0 bridgehead atoms. The molecule has 0 fully saturated rings. The molecule has 1 unspecified atom stereocenters. The molecule has 0 saturated carbocycles. The van der Waals surface area contributed by atoms with Crippen LogP contribution < -0.4 is 0 Å². The van der Waals surface area contributed by atoms with Gasteiger partial charge in [-0.1, -0.05) is 51.1 Å². The molecule has 1 nitrogen and oxygen atoms in total. The molecule has 0 amide bonds. The minimum Gasteiger partial charge on any atom is -0.294 e. The van der Waals surface area contributed by atoms with Crippen LogP contribution in [0.4, 0.5) is 0 Å². The number of rotatable bonds is 6. The van der Waals surface area contributed by atoms with Crippen molar-refractivity contribution in [1.82, 2.24) is 0 Å². The van der Waals surface area contributed by atoms with Crippen molar-refractivity contribution in [3.05, 3.63) is 35.9 Å². The molecule has 1 rings (SSSR count). The van der Waals surface area contributed by atoms with Crippen molar-refractivity contribution < 1.29 is 4.79 Å². The van der Waals surface area contributed by atoms with Crippen LogP contribution in [0.3, 0.4) is 0 Å². The predicted octanol–water partition coefficient (Wildman–Crippen LogP) is 4.04. The van der Waals surface area contributed by atoms with Crippen molar-refractivity contribution in [2.75, 3.05) is 5.75 Å². The second-order valence-electron chi connectivity index (χ2n) is 4.36. The lowest BCUT2D eigenvalue weighted by Gasteiger charge is -2.14. The summed E-state index contributed by atoms with van der Waals surface area (Å²) in [7, 11) is 0. The molecule has 16 heavy (non-hydrogen) atoms. The Kier molecular flexibility index (Phi) is 5.61. The van der Waals surface area contributed by atoms with Gasteiger partial charge in [-0.3, -0.25) is 4.79 Å². The van der Waals surface area contributed by atoms with Crippen LogP contribution in [-0.4, -0.2) is 16.8 Å². The van der Waals surface area contributed by atoms with E-state index in [-0.39, 0.29) is 5.78 Å². The zero-order chi connectivity index (χ0) is 12.0. The van der Waals surface area contributed by atoms with Gasteiger partial charge in [0.05, 0.1) is 0 Å². The van der Waals surface area contributed by atoms with E-state index in [4.69, 9.17) is 0 Å². The van der Waals surface area contributed by atoms with E-state index in [0.29, 0.717) is 17.6 Å². The monoisotopic (exact) mass is 236 g/mol. The van der Waals surface area contributed by atoms with Gasteiger partial charge in [-0.25, -0.2) is 0 Å². The van der Waals surface area contributed by atoms with Gasteiger partial charge in [0.15, 0.2) is 5.78 Å². The van der Waals surface area contributed by atoms with Gasteiger partial charge >= 0.3 is 0 Å². The van der Waals surface area contributed by atoms with Crippen molar-refractivity contribution in [2.24, 2.45) is 5.92 Å². The number of carbonyl (C=O) groups is 1. The van der Waals surface area contributed by atoms with Crippen molar-refractivity contribution in [3.8, 4) is 0 Å². The summed E-state index contributed by atoms with van der Waals surface area (Å²) < 4.78 is 0. The second-order valence-corrected chi connectivity index (χ2v) is 5.84. The number of hydrogen-bond acceptors (Lipinski definition) is 2. The van der Waals surface area contributed by atoms with E-state index in [1.54, 1.807) is 0 Å². The molecule has 0 aliphatic rings. The van der Waals surface area contributed by atoms with Gasteiger partial charge in [0.2, 0.25) is 0 Å². The number of hydrogen-bond donors (Lipinski definition) is 0. The summed E-state index contributed by atoms with van der Waals surface area (Å²) in [5.41, 5.74) is 0.834. The van der Waals surface area contributed by atoms with E-state index in [2.05, 4.69) is 20.8 Å². The minimum absolute atomic E-state index is 0.254. The van der Waals surface area contributed by atoms with E-state index in [1.807, 2.05) is 42.1 Å². The Morgan fingerprint density at radius 2 is 1.81 bits per heavy atom. The van der Waals surface area contributed by atoms with Crippen molar-refractivity contribution in [1.29, 1.82) is 0 Å². The molecular formula is C14H20OS. The van der Waals surface area contributed by atoms with Crippen LogP contribution in [0, 0.1) is 5.92 Å². The SMILES string of the molecule is CC(C)C(C)SCCC(=O)c1ccccc1. The maximum absolute atomic E-state index is 11.8. The fourth-order valence-electron chi connectivity index (χ4n) is 1.30. The highest BCUT2D eigenvalue weighted by molar-refractivity contribution is 7.99. The summed E-state index contributed by atoms with van der Waals surface area (Å²) >= 11 is 1.89. The zero-order valence-electron chi connectivity index (χ0n) is 10.3. The Hall–Kier alpha value is -0.760. The molecule has 0 aliphatic carbocycles. The Balaban J connectivity index is 2.31. The quantitative estimate of drug-likeness (QED) is 0.693. The first-order valence-electron chi connectivity index (χ1n) is 5.81. The highest BCUT2D eigenvalue weighted by Gasteiger charge is 2.09. The first-order valence-corrected chi connectivity index (χ1v) is 6.86. The highest BCUT2D eigenvalue weighted by atomic mass is 32.2. The third kappa shape index (κ3) is 4.40. The van der Waals surface area contributed by atoms with Crippen LogP contribution in [0.25, 0.3) is 0 Å². The Bertz CT molecular complexity index is 319. The summed E-state index contributed by atoms with van der Waals surface area (Å²) in [6.07, 6.45) is 0.645. The topological polar surface area (TPSA) is 17.1 Å². The summed E-state index contributed by atoms with van der Waals surface area (Å²) in [6.45, 7) is 6.66. The molecule has 1 atom stereocenters. The average Bonchev–Trinajstić information content (AvgIpc) is 2.29. The van der Waals surface area contributed by atoms with Crippen molar-refractivity contribution >= 4 is 17.5 Å². The fraction of sp³-hybridized carbons (Fsp3) is 0.500. The smallest absolute Gasteiger partial charge is 0.163 e. The highest BCUT2D eigenvalue weighted by Crippen LogP contribution is 2.20. The summed E-state index contributed by atoms with van der Waals surface area (Å²) in [5.74, 6) is 1.86. The Morgan fingerprint density at radius 1 is 1.19 bits per heavy atom. The van der Waals surface area contributed by atoms with Gasteiger partial charge in [0.25, 0.3) is 0 Å². The third-order valence-corrected chi connectivity index (χ3v) is 4.25. The lowest BCUT2D eigenvalue weighted by molar-refractivity contribution is 0.0989. The maximum atomic E-state index is 11.8. The van der Waals surface area contributed by atoms with Crippen LogP contribution >= 0.6 is 11.8 Å². The number of benzene rings is 1. The van der Waals surface area contributed by atoms with E-state index in [0.717, 1.165) is 11.3 Å². The normalized spacial score (nSPS) is 12.8. The van der Waals surface area contributed by atoms with Crippen LogP contribution in [0.1, 0.15) is 37.6 Å². The minimum atomic E-state index is 0.254. The molecule has 1 aromatic carbocycles. The Labute approximate surface area is 103 Å². The van der Waals surface area contributed by atoms with Crippen LogP contribution in [0.2, 0.25) is 0 Å². The molecule has 0 saturated heterocycles. The third-order valence-electron chi connectivity index (χ3n) is 2.74.